The van der Waals surface area contributed by atoms with Crippen molar-refractivity contribution in [3.8, 4) is 6.07 Å². The Kier molecular flexibility index (Phi) is 10.2. The SMILES string of the molecule is CC(C)N(C(C)C)P(OCCC#N)OC(CCOI)c1c([N+](=O)[O-])ccc2oc3ccccc3c12. The number of rotatable bonds is 13. The summed E-state index contributed by atoms with van der Waals surface area (Å²) >= 11 is 1.81. The molecule has 0 radical (unpaired) electrons. The molecule has 0 saturated heterocycles. The van der Waals surface area contributed by atoms with E-state index in [-0.39, 0.29) is 35.7 Å². The summed E-state index contributed by atoms with van der Waals surface area (Å²) in [6.07, 6.45) is -0.119. The first-order valence-electron chi connectivity index (χ1n) is 11.4. The second-order valence-corrected chi connectivity index (χ2v) is 10.5. The maximum absolute atomic E-state index is 12.2. The zero-order valence-corrected chi connectivity index (χ0v) is 23.2. The van der Waals surface area contributed by atoms with Crippen LogP contribution in [0.3, 0.4) is 0 Å². The van der Waals surface area contributed by atoms with Crippen LogP contribution in [0.1, 0.15) is 52.2 Å². The molecule has 0 spiro atoms. The van der Waals surface area contributed by atoms with Crippen LogP contribution in [0.4, 0.5) is 5.69 Å². The van der Waals surface area contributed by atoms with Crippen LogP contribution in [0.5, 0.6) is 0 Å². The van der Waals surface area contributed by atoms with Gasteiger partial charge in [-0.05, 0) is 39.8 Å². The van der Waals surface area contributed by atoms with Crippen molar-refractivity contribution in [2.45, 2.75) is 58.7 Å². The molecule has 0 aliphatic heterocycles. The Morgan fingerprint density at radius 1 is 1.14 bits per heavy atom. The summed E-state index contributed by atoms with van der Waals surface area (Å²) < 4.78 is 26.1. The van der Waals surface area contributed by atoms with Crippen molar-refractivity contribution >= 4 is 59.2 Å². The first kappa shape index (κ1) is 27.7. The van der Waals surface area contributed by atoms with Gasteiger partial charge >= 0.3 is 0 Å². The third-order valence-corrected chi connectivity index (χ3v) is 8.00. The molecule has 188 valence electrons. The van der Waals surface area contributed by atoms with E-state index in [0.717, 1.165) is 5.39 Å². The predicted molar refractivity (Wildman–Crippen MR) is 144 cm³/mol. The van der Waals surface area contributed by atoms with Gasteiger partial charge in [-0.15, -0.1) is 0 Å². The Balaban J connectivity index is 2.18. The van der Waals surface area contributed by atoms with Gasteiger partial charge in [-0.25, -0.2) is 4.67 Å². The van der Waals surface area contributed by atoms with Gasteiger partial charge in [-0.1, -0.05) is 18.2 Å². The lowest BCUT2D eigenvalue weighted by Gasteiger charge is -2.37. The maximum atomic E-state index is 12.2. The summed E-state index contributed by atoms with van der Waals surface area (Å²) in [4.78, 5) is 11.8. The Morgan fingerprint density at radius 3 is 2.49 bits per heavy atom. The molecule has 35 heavy (non-hydrogen) atoms. The molecule has 0 N–H and O–H groups in total. The first-order valence-corrected chi connectivity index (χ1v) is 13.4. The molecule has 0 bridgehead atoms. The molecule has 0 fully saturated rings. The van der Waals surface area contributed by atoms with Gasteiger partial charge in [0.1, 0.15) is 40.3 Å². The number of nitro groups is 1. The van der Waals surface area contributed by atoms with Crippen LogP contribution >= 0.6 is 31.5 Å². The molecule has 2 aromatic carbocycles. The number of nitro benzene ring substituents is 1. The minimum atomic E-state index is -1.64. The number of fused-ring (bicyclic) bond motifs is 3. The maximum Gasteiger partial charge on any atom is 0.276 e. The highest BCUT2D eigenvalue weighted by molar-refractivity contribution is 14.1. The summed E-state index contributed by atoms with van der Waals surface area (Å²) in [5.74, 6) is 0. The number of halogens is 1. The molecular weight excluding hydrogens is 584 g/mol. The third kappa shape index (κ3) is 6.47. The van der Waals surface area contributed by atoms with E-state index in [1.54, 1.807) is 6.07 Å². The number of nitriles is 1. The normalized spacial score (nSPS) is 13.7. The van der Waals surface area contributed by atoms with Gasteiger partial charge in [0.05, 0.1) is 36.2 Å². The van der Waals surface area contributed by atoms with Crippen LogP contribution in [0.25, 0.3) is 21.9 Å². The van der Waals surface area contributed by atoms with Crippen LogP contribution in [0.15, 0.2) is 40.8 Å². The third-order valence-electron chi connectivity index (χ3n) is 5.42. The molecular formula is C24H29IN3O6P. The van der Waals surface area contributed by atoms with Crippen LogP contribution in [0.2, 0.25) is 0 Å². The number of para-hydroxylation sites is 1. The largest absolute Gasteiger partial charge is 0.456 e. The van der Waals surface area contributed by atoms with Crippen molar-refractivity contribution in [2.24, 2.45) is 0 Å². The second kappa shape index (κ2) is 12.9. The number of hydrogen-bond donors (Lipinski definition) is 0. The summed E-state index contributed by atoms with van der Waals surface area (Å²) in [6.45, 7) is 8.70. The lowest BCUT2D eigenvalue weighted by Crippen LogP contribution is -2.34. The van der Waals surface area contributed by atoms with Crippen molar-refractivity contribution in [1.29, 1.82) is 5.26 Å². The van der Waals surface area contributed by atoms with Crippen LogP contribution in [-0.2, 0) is 12.1 Å². The minimum Gasteiger partial charge on any atom is -0.456 e. The van der Waals surface area contributed by atoms with Gasteiger partial charge in [0.15, 0.2) is 0 Å². The average Bonchev–Trinajstić information content (AvgIpc) is 3.19. The highest BCUT2D eigenvalue weighted by Crippen LogP contribution is 2.53. The van der Waals surface area contributed by atoms with Crippen LogP contribution in [-0.4, -0.2) is 34.9 Å². The highest BCUT2D eigenvalue weighted by atomic mass is 127. The van der Waals surface area contributed by atoms with Crippen LogP contribution in [0, 0.1) is 21.4 Å². The smallest absolute Gasteiger partial charge is 0.276 e. The zero-order chi connectivity index (χ0) is 25.5. The van der Waals surface area contributed by atoms with E-state index in [2.05, 4.69) is 10.7 Å². The molecule has 0 aliphatic rings. The summed E-state index contributed by atoms with van der Waals surface area (Å²) in [6, 6.07) is 12.8. The molecule has 3 rings (SSSR count). The van der Waals surface area contributed by atoms with Gasteiger partial charge in [-0.2, -0.15) is 5.26 Å². The lowest BCUT2D eigenvalue weighted by molar-refractivity contribution is -0.386. The van der Waals surface area contributed by atoms with Crippen molar-refractivity contribution < 1.29 is 21.5 Å². The molecule has 0 saturated carbocycles. The Morgan fingerprint density at radius 2 is 1.86 bits per heavy atom. The summed E-state index contributed by atoms with van der Waals surface area (Å²) in [5, 5.41) is 22.6. The lowest BCUT2D eigenvalue weighted by atomic mass is 9.98. The molecule has 2 unspecified atom stereocenters. The quantitative estimate of drug-likeness (QED) is 0.0638. The highest BCUT2D eigenvalue weighted by Gasteiger charge is 2.35. The average molecular weight is 613 g/mol. The van der Waals surface area contributed by atoms with Crippen molar-refractivity contribution in [3.05, 3.63) is 52.1 Å². The molecule has 0 aliphatic carbocycles. The Labute approximate surface area is 220 Å². The number of furan rings is 1. The van der Waals surface area contributed by atoms with Gasteiger partial charge in [-0.3, -0.25) is 10.1 Å². The van der Waals surface area contributed by atoms with E-state index in [0.29, 0.717) is 35.1 Å². The molecule has 1 aromatic heterocycles. The monoisotopic (exact) mass is 613 g/mol. The van der Waals surface area contributed by atoms with Crippen molar-refractivity contribution in [3.63, 3.8) is 0 Å². The number of benzene rings is 2. The predicted octanol–water partition coefficient (Wildman–Crippen LogP) is 7.58. The van der Waals surface area contributed by atoms with Crippen molar-refractivity contribution in [2.75, 3.05) is 13.2 Å². The summed E-state index contributed by atoms with van der Waals surface area (Å²) in [7, 11) is -1.64. The zero-order valence-electron chi connectivity index (χ0n) is 20.1. The van der Waals surface area contributed by atoms with Gasteiger partial charge < -0.3 is 16.5 Å². The number of hydrogen-bond acceptors (Lipinski definition) is 8. The van der Waals surface area contributed by atoms with E-state index in [1.165, 1.54) is 6.07 Å². The standard InChI is InChI=1S/C24H29IN3O6P/c1-16(2)27(17(3)4)35(32-14-7-13-26)34-22(12-15-31-25)24-19(28(29)30)10-11-21-23(24)18-8-5-6-9-20(18)33-21/h5-6,8-11,16-17,22H,7,12,14-15H2,1-4H3. The van der Waals surface area contributed by atoms with Gasteiger partial charge in [0.2, 0.25) is 0 Å². The molecule has 2 atom stereocenters. The van der Waals surface area contributed by atoms with E-state index in [4.69, 9.17) is 21.8 Å². The first-order chi connectivity index (χ1) is 16.8. The van der Waals surface area contributed by atoms with E-state index >= 15 is 0 Å². The molecule has 0 amide bonds. The Bertz CT molecular complexity index is 1190. The minimum absolute atomic E-state index is 0.0462. The topological polar surface area (TPSA) is 111 Å². The van der Waals surface area contributed by atoms with Gasteiger partial charge in [0.25, 0.3) is 14.2 Å². The fourth-order valence-corrected chi connectivity index (χ4v) is 6.11. The Hall–Kier alpha value is -1.87. The molecule has 1 heterocycles. The second-order valence-electron chi connectivity index (χ2n) is 8.47. The fourth-order valence-electron chi connectivity index (χ4n) is 4.12. The number of nitrogens with zero attached hydrogens (tertiary/aromatic N) is 3. The molecule has 11 heteroatoms. The van der Waals surface area contributed by atoms with E-state index in [9.17, 15) is 10.1 Å². The fraction of sp³-hybridized carbons (Fsp3) is 0.458. The van der Waals surface area contributed by atoms with Crippen molar-refractivity contribution in [1.82, 2.24) is 4.67 Å². The summed E-state index contributed by atoms with van der Waals surface area (Å²) in [5.41, 5.74) is 1.59. The molecule has 3 aromatic rings. The van der Waals surface area contributed by atoms with Crippen LogP contribution < -0.4 is 0 Å². The van der Waals surface area contributed by atoms with E-state index < -0.39 is 14.6 Å². The molecule has 9 nitrogen and oxygen atoms in total. The van der Waals surface area contributed by atoms with E-state index in [1.807, 2.05) is 75.0 Å². The van der Waals surface area contributed by atoms with Gasteiger partial charge in [0, 0.05) is 35.3 Å².